The lowest BCUT2D eigenvalue weighted by atomic mass is 9.88. The molecule has 0 aliphatic carbocycles. The summed E-state index contributed by atoms with van der Waals surface area (Å²) in [6, 6.07) is 17.5. The number of piperidine rings is 1. The number of likely N-dealkylation sites (tertiary alicyclic amines) is 1. The lowest BCUT2D eigenvalue weighted by molar-refractivity contribution is -0.0722. The van der Waals surface area contributed by atoms with E-state index in [1.807, 2.05) is 44.3 Å². The number of aromatic nitrogens is 5. The van der Waals surface area contributed by atoms with E-state index in [-0.39, 0.29) is 0 Å². The first-order valence-corrected chi connectivity index (χ1v) is 13.5. The van der Waals surface area contributed by atoms with Crippen LogP contribution in [-0.2, 0) is 19.4 Å². The number of nitrogens with zero attached hydrogens (tertiary/aromatic N) is 6. The van der Waals surface area contributed by atoms with Crippen molar-refractivity contribution in [3.63, 3.8) is 0 Å². The van der Waals surface area contributed by atoms with Crippen LogP contribution in [0.3, 0.4) is 0 Å². The molecule has 1 unspecified atom stereocenters. The molecule has 2 aliphatic heterocycles. The minimum Gasteiger partial charge on any atom is -0.443 e. The van der Waals surface area contributed by atoms with Crippen LogP contribution in [0.4, 0.5) is 0 Å². The average molecular weight is 550 g/mol. The maximum absolute atomic E-state index is 11.4. The normalized spacial score (nSPS) is 19.0. The smallest absolute Gasteiger partial charge is 0.439 e. The number of para-hydroxylation sites is 1. The van der Waals surface area contributed by atoms with Crippen LogP contribution in [0, 0.1) is 11.3 Å². The third-order valence-electron chi connectivity index (χ3n) is 8.05. The van der Waals surface area contributed by atoms with Gasteiger partial charge in [0.1, 0.15) is 17.6 Å². The molecule has 2 aliphatic rings. The van der Waals surface area contributed by atoms with E-state index in [1.165, 1.54) is 6.20 Å². The number of hydrogen-bond acceptors (Lipinski definition) is 9. The van der Waals surface area contributed by atoms with Crippen LogP contribution in [0.1, 0.15) is 48.3 Å². The SMILES string of the molecule is Cn1c(CN2CCC(c3cccc4c3OC(C)(c3ccc(C#N)cn3)O4)CC2)nc2ccc(-c3noc(=O)[nH]3)cc21. The second kappa shape index (κ2) is 9.60. The molecule has 0 amide bonds. The number of imidazole rings is 1. The molecule has 0 bridgehead atoms. The van der Waals surface area contributed by atoms with Crippen molar-refractivity contribution in [2.45, 2.75) is 38.0 Å². The average Bonchev–Trinajstić information content (AvgIpc) is 3.68. The molecule has 0 spiro atoms. The van der Waals surface area contributed by atoms with Gasteiger partial charge in [0.15, 0.2) is 17.3 Å². The second-order valence-corrected chi connectivity index (χ2v) is 10.7. The minimum absolute atomic E-state index is 0.341. The van der Waals surface area contributed by atoms with Gasteiger partial charge in [0, 0.05) is 31.3 Å². The first-order chi connectivity index (χ1) is 19.9. The Morgan fingerprint density at radius 3 is 2.73 bits per heavy atom. The fourth-order valence-corrected chi connectivity index (χ4v) is 5.79. The van der Waals surface area contributed by atoms with Crippen LogP contribution in [0.15, 0.2) is 64.0 Å². The van der Waals surface area contributed by atoms with Crippen molar-refractivity contribution in [3.05, 3.63) is 87.9 Å². The van der Waals surface area contributed by atoms with Gasteiger partial charge in [-0.2, -0.15) is 5.26 Å². The van der Waals surface area contributed by atoms with Gasteiger partial charge in [0.2, 0.25) is 0 Å². The quantitative estimate of drug-likeness (QED) is 0.342. The van der Waals surface area contributed by atoms with E-state index in [0.29, 0.717) is 28.7 Å². The Kier molecular flexibility index (Phi) is 5.87. The van der Waals surface area contributed by atoms with E-state index in [9.17, 15) is 4.79 Å². The number of aromatic amines is 1. The Morgan fingerprint density at radius 1 is 1.15 bits per heavy atom. The fourth-order valence-electron chi connectivity index (χ4n) is 5.79. The van der Waals surface area contributed by atoms with Crippen molar-refractivity contribution < 1.29 is 14.0 Å². The molecule has 11 heteroatoms. The number of H-pyrrole nitrogens is 1. The monoisotopic (exact) mass is 549 g/mol. The van der Waals surface area contributed by atoms with Crippen LogP contribution in [-0.4, -0.2) is 42.7 Å². The van der Waals surface area contributed by atoms with Crippen LogP contribution in [0.5, 0.6) is 11.5 Å². The summed E-state index contributed by atoms with van der Waals surface area (Å²) in [5, 5.41) is 12.9. The van der Waals surface area contributed by atoms with Gasteiger partial charge >= 0.3 is 5.76 Å². The molecule has 11 nitrogen and oxygen atoms in total. The second-order valence-electron chi connectivity index (χ2n) is 10.7. The molecular formula is C30H27N7O4. The summed E-state index contributed by atoms with van der Waals surface area (Å²) in [5.41, 5.74) is 4.90. The number of ether oxygens (including phenoxy) is 2. The van der Waals surface area contributed by atoms with Crippen LogP contribution in [0.25, 0.3) is 22.4 Å². The summed E-state index contributed by atoms with van der Waals surface area (Å²) >= 11 is 0. The molecule has 2 aromatic carbocycles. The van der Waals surface area contributed by atoms with Gasteiger partial charge in [-0.05, 0) is 68.2 Å². The molecule has 7 rings (SSSR count). The van der Waals surface area contributed by atoms with Gasteiger partial charge < -0.3 is 14.0 Å². The Morgan fingerprint density at radius 2 is 2.00 bits per heavy atom. The van der Waals surface area contributed by atoms with Gasteiger partial charge in [0.25, 0.3) is 5.79 Å². The highest BCUT2D eigenvalue weighted by Gasteiger charge is 2.42. The third kappa shape index (κ3) is 4.42. The lowest BCUT2D eigenvalue weighted by Gasteiger charge is -2.32. The topological polar surface area (TPSA) is 135 Å². The van der Waals surface area contributed by atoms with E-state index in [4.69, 9.17) is 19.7 Å². The van der Waals surface area contributed by atoms with Crippen LogP contribution < -0.4 is 15.2 Å². The summed E-state index contributed by atoms with van der Waals surface area (Å²) in [5.74, 6) is 1.59. The molecule has 1 atom stereocenters. The lowest BCUT2D eigenvalue weighted by Crippen LogP contribution is -2.34. The molecule has 1 N–H and O–H groups in total. The van der Waals surface area contributed by atoms with Gasteiger partial charge in [-0.25, -0.2) is 9.78 Å². The number of pyridine rings is 1. The zero-order valence-corrected chi connectivity index (χ0v) is 22.6. The number of fused-ring (bicyclic) bond motifs is 2. The van der Waals surface area contributed by atoms with Crippen LogP contribution >= 0.6 is 0 Å². The van der Waals surface area contributed by atoms with Gasteiger partial charge in [-0.15, -0.1) is 0 Å². The van der Waals surface area contributed by atoms with Crippen LogP contribution in [0.2, 0.25) is 0 Å². The Hall–Kier alpha value is -4.95. The van der Waals surface area contributed by atoms with Gasteiger partial charge in [0.05, 0.1) is 23.1 Å². The number of rotatable bonds is 5. The highest BCUT2D eigenvalue weighted by molar-refractivity contribution is 5.81. The summed E-state index contributed by atoms with van der Waals surface area (Å²) in [6.45, 7) is 4.46. The van der Waals surface area contributed by atoms with Gasteiger partial charge in [-0.3, -0.25) is 19.4 Å². The van der Waals surface area contributed by atoms with Crippen molar-refractivity contribution in [3.8, 4) is 29.0 Å². The molecule has 1 fully saturated rings. The molecule has 0 radical (unpaired) electrons. The first-order valence-electron chi connectivity index (χ1n) is 13.5. The van der Waals surface area contributed by atoms with Gasteiger partial charge in [-0.1, -0.05) is 17.3 Å². The highest BCUT2D eigenvalue weighted by Crippen LogP contribution is 2.49. The van der Waals surface area contributed by atoms with E-state index in [1.54, 1.807) is 12.1 Å². The first kappa shape index (κ1) is 25.0. The molecule has 1 saturated heterocycles. The number of benzene rings is 2. The molecule has 41 heavy (non-hydrogen) atoms. The molecule has 5 aromatic rings. The number of nitriles is 1. The largest absolute Gasteiger partial charge is 0.443 e. The fraction of sp³-hybridized carbons (Fsp3) is 0.300. The Balaban J connectivity index is 1.05. The van der Waals surface area contributed by atoms with E-state index < -0.39 is 11.5 Å². The standard InChI is InChI=1S/C30H27N7O4/c1-30(25-9-6-18(15-31)16-32-25)39-24-5-3-4-21(27(24)40-30)19-10-12-37(13-11-19)17-26-33-22-8-7-20(14-23(22)36(26)2)28-34-29(38)41-35-28/h3-9,14,16,19H,10-13,17H2,1-2H3,(H,34,35,38). The third-order valence-corrected chi connectivity index (χ3v) is 8.05. The van der Waals surface area contributed by atoms with Crippen molar-refractivity contribution in [1.29, 1.82) is 5.26 Å². The zero-order chi connectivity index (χ0) is 28.1. The molecule has 206 valence electrons. The van der Waals surface area contributed by atoms with E-state index in [2.05, 4.69) is 41.3 Å². The van der Waals surface area contributed by atoms with E-state index in [0.717, 1.165) is 66.2 Å². The Labute approximate surface area is 235 Å². The molecular weight excluding hydrogens is 522 g/mol. The van der Waals surface area contributed by atoms with Crippen molar-refractivity contribution in [2.24, 2.45) is 7.05 Å². The number of nitrogens with one attached hydrogen (secondary N) is 1. The number of hydrogen-bond donors (Lipinski definition) is 1. The molecule has 3 aromatic heterocycles. The van der Waals surface area contributed by atoms with Crippen molar-refractivity contribution >= 4 is 11.0 Å². The maximum Gasteiger partial charge on any atom is 0.439 e. The highest BCUT2D eigenvalue weighted by atomic mass is 16.7. The summed E-state index contributed by atoms with van der Waals surface area (Å²) in [7, 11) is 2.01. The van der Waals surface area contributed by atoms with E-state index >= 15 is 0 Å². The molecule has 5 heterocycles. The Bertz CT molecular complexity index is 1860. The number of aryl methyl sites for hydroxylation is 1. The van der Waals surface area contributed by atoms with Crippen molar-refractivity contribution in [1.82, 2.24) is 29.6 Å². The summed E-state index contributed by atoms with van der Waals surface area (Å²) < 4.78 is 19.4. The molecule has 0 saturated carbocycles. The predicted octanol–water partition coefficient (Wildman–Crippen LogP) is 4.21. The summed E-state index contributed by atoms with van der Waals surface area (Å²) in [4.78, 5) is 25.7. The predicted molar refractivity (Wildman–Crippen MR) is 148 cm³/mol. The minimum atomic E-state index is -1.05. The summed E-state index contributed by atoms with van der Waals surface area (Å²) in [6.07, 6.45) is 3.51. The maximum atomic E-state index is 11.4. The van der Waals surface area contributed by atoms with Crippen molar-refractivity contribution in [2.75, 3.05) is 13.1 Å². The zero-order valence-electron chi connectivity index (χ0n) is 22.6.